The molecule has 0 spiro atoms. The van der Waals surface area contributed by atoms with Crippen LogP contribution in [-0.2, 0) is 23.7 Å². The number of hydrogen-bond donors (Lipinski definition) is 3. The number of amides is 2. The first kappa shape index (κ1) is 24.0. The van der Waals surface area contributed by atoms with Crippen LogP contribution in [0.15, 0.2) is 18.2 Å². The number of hydrogen-bond acceptors (Lipinski definition) is 7. The smallest absolute Gasteiger partial charge is 0.497 e. The zero-order valence-electron chi connectivity index (χ0n) is 16.5. The predicted octanol–water partition coefficient (Wildman–Crippen LogP) is 0.971. The molecule has 2 rings (SSSR count). The van der Waals surface area contributed by atoms with Gasteiger partial charge in [-0.3, -0.25) is 24.5 Å². The Kier molecular flexibility index (Phi) is 8.95. The molecular formula is C18H22BCl2N3O6. The number of carbonyl (C=O) groups excluding carboxylic acids is 4. The maximum Gasteiger partial charge on any atom is 0.622 e. The lowest BCUT2D eigenvalue weighted by Crippen LogP contribution is -2.55. The fraction of sp³-hybridized carbons (Fsp3) is 0.444. The Morgan fingerprint density at radius 3 is 2.40 bits per heavy atom. The Morgan fingerprint density at radius 2 is 1.80 bits per heavy atom. The molecule has 1 aliphatic rings. The highest BCUT2D eigenvalue weighted by Crippen LogP contribution is 2.20. The van der Waals surface area contributed by atoms with E-state index in [9.17, 15) is 19.2 Å². The van der Waals surface area contributed by atoms with Crippen molar-refractivity contribution in [2.75, 3.05) is 19.6 Å². The van der Waals surface area contributed by atoms with E-state index in [1.807, 2.05) is 13.8 Å². The average Bonchev–Trinajstić information content (AvgIpc) is 2.65. The minimum absolute atomic E-state index is 0.0936. The minimum atomic E-state index is -1.27. The van der Waals surface area contributed by atoms with E-state index < -0.39 is 36.8 Å². The Bertz CT molecular complexity index is 805. The van der Waals surface area contributed by atoms with Gasteiger partial charge in [0, 0.05) is 5.02 Å². The highest BCUT2D eigenvalue weighted by atomic mass is 35.5. The van der Waals surface area contributed by atoms with Crippen molar-refractivity contribution >= 4 is 54.1 Å². The maximum atomic E-state index is 12.4. The molecule has 0 bridgehead atoms. The molecule has 1 atom stereocenters. The van der Waals surface area contributed by atoms with Crippen LogP contribution < -0.4 is 16.0 Å². The number of nitrogens with one attached hydrogen (secondary N) is 3. The number of carbonyl (C=O) groups is 4. The van der Waals surface area contributed by atoms with E-state index in [1.54, 1.807) is 0 Å². The number of halogens is 2. The molecule has 2 amide bonds. The van der Waals surface area contributed by atoms with Crippen molar-refractivity contribution in [1.29, 1.82) is 0 Å². The number of rotatable bonds is 7. The van der Waals surface area contributed by atoms with Gasteiger partial charge in [0.2, 0.25) is 5.91 Å². The Balaban J connectivity index is 2.01. The summed E-state index contributed by atoms with van der Waals surface area (Å²) in [5.41, 5.74) is 0.131. The lowest BCUT2D eigenvalue weighted by molar-refractivity contribution is -0.142. The first-order chi connectivity index (χ1) is 14.2. The van der Waals surface area contributed by atoms with Gasteiger partial charge in [-0.1, -0.05) is 37.0 Å². The highest BCUT2D eigenvalue weighted by molar-refractivity contribution is 6.51. The largest absolute Gasteiger partial charge is 0.622 e. The summed E-state index contributed by atoms with van der Waals surface area (Å²) in [5, 5.41) is 8.20. The standard InChI is InChI=1S/C18H22BCl2N3O6/c1-10(2)5-14(19-29-16(26)8-22-9-17(27)30-19)24-15(25)7-23-18(28)12-6-11(20)3-4-13(12)21/h3-4,6,10,14,22H,5,7-9H2,1-2H3,(H,23,28)(H,24,25)/t14-/m0/s1. The molecule has 1 aliphatic heterocycles. The van der Waals surface area contributed by atoms with Gasteiger partial charge in [-0.25, -0.2) is 0 Å². The van der Waals surface area contributed by atoms with Gasteiger partial charge < -0.3 is 19.9 Å². The maximum absolute atomic E-state index is 12.4. The van der Waals surface area contributed by atoms with E-state index in [0.717, 1.165) is 0 Å². The Labute approximate surface area is 184 Å². The van der Waals surface area contributed by atoms with Crippen molar-refractivity contribution < 1.29 is 28.5 Å². The lowest BCUT2D eigenvalue weighted by atomic mass is 9.73. The first-order valence-electron chi connectivity index (χ1n) is 9.28. The van der Waals surface area contributed by atoms with E-state index in [4.69, 9.17) is 32.5 Å². The molecule has 1 heterocycles. The predicted molar refractivity (Wildman–Crippen MR) is 111 cm³/mol. The molecule has 0 saturated carbocycles. The van der Waals surface area contributed by atoms with Crippen molar-refractivity contribution in [3.8, 4) is 0 Å². The van der Waals surface area contributed by atoms with E-state index >= 15 is 0 Å². The van der Waals surface area contributed by atoms with Crippen LogP contribution in [0.4, 0.5) is 0 Å². The lowest BCUT2D eigenvalue weighted by Gasteiger charge is -2.26. The summed E-state index contributed by atoms with van der Waals surface area (Å²) in [4.78, 5) is 48.3. The molecule has 1 aromatic rings. The summed E-state index contributed by atoms with van der Waals surface area (Å²) in [6, 6.07) is 4.40. The third-order valence-corrected chi connectivity index (χ3v) is 4.58. The van der Waals surface area contributed by atoms with Gasteiger partial charge in [-0.05, 0) is 30.5 Å². The Morgan fingerprint density at radius 1 is 1.17 bits per heavy atom. The molecule has 0 unspecified atom stereocenters. The van der Waals surface area contributed by atoms with Crippen LogP contribution in [0.2, 0.25) is 10.0 Å². The van der Waals surface area contributed by atoms with Gasteiger partial charge >= 0.3 is 19.1 Å². The highest BCUT2D eigenvalue weighted by Gasteiger charge is 2.40. The molecule has 3 N–H and O–H groups in total. The van der Waals surface area contributed by atoms with Crippen molar-refractivity contribution in [3.05, 3.63) is 33.8 Å². The zero-order chi connectivity index (χ0) is 22.3. The van der Waals surface area contributed by atoms with Crippen LogP contribution in [0.1, 0.15) is 30.6 Å². The van der Waals surface area contributed by atoms with Gasteiger partial charge in [-0.2, -0.15) is 0 Å². The molecule has 0 aliphatic carbocycles. The topological polar surface area (TPSA) is 123 Å². The van der Waals surface area contributed by atoms with Crippen molar-refractivity contribution in [2.45, 2.75) is 26.2 Å². The van der Waals surface area contributed by atoms with E-state index in [0.29, 0.717) is 11.4 Å². The second kappa shape index (κ2) is 11.2. The summed E-state index contributed by atoms with van der Waals surface area (Å²) in [6.07, 6.45) is 0.373. The zero-order valence-corrected chi connectivity index (χ0v) is 18.0. The average molecular weight is 458 g/mol. The van der Waals surface area contributed by atoms with Crippen molar-refractivity contribution in [2.24, 2.45) is 5.92 Å². The molecule has 12 heteroatoms. The third kappa shape index (κ3) is 7.51. The first-order valence-corrected chi connectivity index (χ1v) is 10.0. The molecule has 30 heavy (non-hydrogen) atoms. The van der Waals surface area contributed by atoms with Gasteiger partial charge in [0.1, 0.15) is 0 Å². The van der Waals surface area contributed by atoms with Crippen molar-refractivity contribution in [1.82, 2.24) is 16.0 Å². The molecule has 1 fully saturated rings. The summed E-state index contributed by atoms with van der Waals surface area (Å²) in [5.74, 6) is -3.04. The summed E-state index contributed by atoms with van der Waals surface area (Å²) < 4.78 is 10.3. The number of benzene rings is 1. The normalized spacial score (nSPS) is 15.6. The SMILES string of the molecule is CC(C)C[C@H](NC(=O)CNC(=O)c1cc(Cl)ccc1Cl)B1OC(=O)CNCC(=O)O1. The van der Waals surface area contributed by atoms with Gasteiger partial charge in [0.25, 0.3) is 5.91 Å². The summed E-state index contributed by atoms with van der Waals surface area (Å²) in [7, 11) is -1.27. The molecule has 0 aromatic heterocycles. The van der Waals surface area contributed by atoms with Crippen molar-refractivity contribution in [3.63, 3.8) is 0 Å². The van der Waals surface area contributed by atoms with Gasteiger partial charge in [-0.15, -0.1) is 0 Å². The quantitative estimate of drug-likeness (QED) is 0.521. The van der Waals surface area contributed by atoms with Gasteiger partial charge in [0.05, 0.1) is 36.2 Å². The molecule has 1 aromatic carbocycles. The second-order valence-electron chi connectivity index (χ2n) is 7.06. The summed E-state index contributed by atoms with van der Waals surface area (Å²) in [6.45, 7) is 3.13. The molecular weight excluding hydrogens is 436 g/mol. The fourth-order valence-corrected chi connectivity index (χ4v) is 3.10. The van der Waals surface area contributed by atoms with Gasteiger partial charge in [0.15, 0.2) is 0 Å². The minimum Gasteiger partial charge on any atom is -0.497 e. The van der Waals surface area contributed by atoms with E-state index in [1.165, 1.54) is 18.2 Å². The van der Waals surface area contributed by atoms with E-state index in [-0.39, 0.29) is 36.1 Å². The van der Waals surface area contributed by atoms with Crippen LogP contribution >= 0.6 is 23.2 Å². The summed E-state index contributed by atoms with van der Waals surface area (Å²) >= 11 is 11.9. The fourth-order valence-electron chi connectivity index (χ4n) is 2.73. The molecule has 1 saturated heterocycles. The molecule has 162 valence electrons. The van der Waals surface area contributed by atoms with Crippen LogP contribution in [0.3, 0.4) is 0 Å². The van der Waals surface area contributed by atoms with Crippen LogP contribution in [-0.4, -0.2) is 56.4 Å². The van der Waals surface area contributed by atoms with E-state index in [2.05, 4.69) is 16.0 Å². The van der Waals surface area contributed by atoms with Crippen LogP contribution in [0.25, 0.3) is 0 Å². The van der Waals surface area contributed by atoms with Crippen LogP contribution in [0.5, 0.6) is 0 Å². The molecule has 9 nitrogen and oxygen atoms in total. The Hall–Kier alpha value is -2.30. The monoisotopic (exact) mass is 457 g/mol. The molecule has 0 radical (unpaired) electrons. The second-order valence-corrected chi connectivity index (χ2v) is 7.91. The third-order valence-electron chi connectivity index (χ3n) is 4.02. The van der Waals surface area contributed by atoms with Crippen LogP contribution in [0, 0.1) is 5.92 Å².